The van der Waals surface area contributed by atoms with Crippen molar-refractivity contribution in [1.29, 1.82) is 0 Å². The number of aryl methyl sites for hydroxylation is 1. The van der Waals surface area contributed by atoms with Gasteiger partial charge in [-0.1, -0.05) is 11.6 Å². The first-order valence-corrected chi connectivity index (χ1v) is 8.98. The fourth-order valence-electron chi connectivity index (χ4n) is 3.34. The highest BCUT2D eigenvalue weighted by atomic mass is 16.2. The maximum Gasteiger partial charge on any atom is 0.261 e. The van der Waals surface area contributed by atoms with Crippen molar-refractivity contribution in [2.45, 2.75) is 32.6 Å². The summed E-state index contributed by atoms with van der Waals surface area (Å²) in [5.41, 5.74) is 1.69. The molecule has 2 aliphatic rings. The fraction of sp³-hybridized carbons (Fsp3) is 0.474. The lowest BCUT2D eigenvalue weighted by Crippen LogP contribution is -2.36. The van der Waals surface area contributed by atoms with Gasteiger partial charge < -0.3 is 10.2 Å². The first kappa shape index (κ1) is 18.1. The van der Waals surface area contributed by atoms with E-state index in [4.69, 9.17) is 0 Å². The molecule has 2 aliphatic heterocycles. The fourth-order valence-corrected chi connectivity index (χ4v) is 3.34. The number of carbonyl (C=O) groups is 4. The van der Waals surface area contributed by atoms with Crippen LogP contribution in [0.25, 0.3) is 0 Å². The minimum Gasteiger partial charge on any atom is -0.356 e. The molecule has 7 nitrogen and oxygen atoms in total. The van der Waals surface area contributed by atoms with Crippen molar-refractivity contribution >= 4 is 23.6 Å². The van der Waals surface area contributed by atoms with E-state index in [2.05, 4.69) is 5.32 Å². The number of hydrogen-bond acceptors (Lipinski definition) is 4. The van der Waals surface area contributed by atoms with Gasteiger partial charge in [-0.15, -0.1) is 0 Å². The Bertz CT molecular complexity index is 753. The highest BCUT2D eigenvalue weighted by Crippen LogP contribution is 2.23. The van der Waals surface area contributed by atoms with Gasteiger partial charge in [-0.05, 0) is 31.9 Å². The second-order valence-electron chi connectivity index (χ2n) is 6.75. The van der Waals surface area contributed by atoms with Gasteiger partial charge in [0, 0.05) is 39.0 Å². The lowest BCUT2D eigenvalue weighted by atomic mass is 10.1. The highest BCUT2D eigenvalue weighted by molar-refractivity contribution is 6.21. The average Bonchev–Trinajstić information content (AvgIpc) is 3.22. The van der Waals surface area contributed by atoms with E-state index in [1.807, 2.05) is 11.8 Å². The van der Waals surface area contributed by atoms with Gasteiger partial charge in [-0.2, -0.15) is 0 Å². The van der Waals surface area contributed by atoms with Crippen LogP contribution in [0.1, 0.15) is 52.0 Å². The van der Waals surface area contributed by atoms with Crippen LogP contribution in [0.15, 0.2) is 18.2 Å². The lowest BCUT2D eigenvalue weighted by Gasteiger charge is -2.16. The van der Waals surface area contributed by atoms with Gasteiger partial charge in [0.1, 0.15) is 0 Å². The summed E-state index contributed by atoms with van der Waals surface area (Å²) in [7, 11) is 0. The van der Waals surface area contributed by atoms with Crippen molar-refractivity contribution in [3.05, 3.63) is 34.9 Å². The number of amides is 4. The van der Waals surface area contributed by atoms with Crippen molar-refractivity contribution in [3.8, 4) is 0 Å². The largest absolute Gasteiger partial charge is 0.356 e. The van der Waals surface area contributed by atoms with Gasteiger partial charge in [0.2, 0.25) is 11.8 Å². The van der Waals surface area contributed by atoms with Crippen molar-refractivity contribution in [2.75, 3.05) is 26.2 Å². The first-order chi connectivity index (χ1) is 12.5. The Hall–Kier alpha value is -2.70. The van der Waals surface area contributed by atoms with Crippen molar-refractivity contribution in [3.63, 3.8) is 0 Å². The number of carbonyl (C=O) groups excluding carboxylic acids is 4. The van der Waals surface area contributed by atoms with Crippen LogP contribution in [-0.2, 0) is 9.59 Å². The molecule has 0 aromatic heterocycles. The van der Waals surface area contributed by atoms with Crippen LogP contribution in [0.4, 0.5) is 0 Å². The summed E-state index contributed by atoms with van der Waals surface area (Å²) in [6.07, 6.45) is 2.39. The zero-order valence-corrected chi connectivity index (χ0v) is 14.9. The van der Waals surface area contributed by atoms with Crippen LogP contribution in [0.3, 0.4) is 0 Å². The zero-order chi connectivity index (χ0) is 18.7. The number of hydrogen-bond donors (Lipinski definition) is 1. The number of likely N-dealkylation sites (tertiary alicyclic amines) is 1. The maximum absolute atomic E-state index is 12.3. The van der Waals surface area contributed by atoms with E-state index in [1.165, 1.54) is 0 Å². The Balaban J connectivity index is 1.44. The molecule has 1 saturated heterocycles. The maximum atomic E-state index is 12.3. The molecule has 1 aromatic carbocycles. The van der Waals surface area contributed by atoms with E-state index < -0.39 is 0 Å². The molecule has 138 valence electrons. The zero-order valence-electron chi connectivity index (χ0n) is 14.9. The summed E-state index contributed by atoms with van der Waals surface area (Å²) in [6, 6.07) is 5.13. The first-order valence-electron chi connectivity index (χ1n) is 8.98. The molecular formula is C19H23N3O4. The predicted molar refractivity (Wildman–Crippen MR) is 94.6 cm³/mol. The minimum absolute atomic E-state index is 0.0301. The molecule has 0 spiro atoms. The van der Waals surface area contributed by atoms with E-state index in [0.717, 1.165) is 36.4 Å². The summed E-state index contributed by atoms with van der Waals surface area (Å²) in [5, 5.41) is 2.69. The predicted octanol–water partition coefficient (Wildman–Crippen LogP) is 1.11. The smallest absolute Gasteiger partial charge is 0.261 e. The molecule has 0 unspecified atom stereocenters. The summed E-state index contributed by atoms with van der Waals surface area (Å²) in [5.74, 6) is -0.932. The standard InChI is InChI=1S/C19H23N3O4/c1-13-4-5-14-15(12-13)19(26)22(18(14)25)11-7-16(23)20-8-6-17(24)21-9-2-3-10-21/h4-5,12H,2-3,6-11H2,1H3,(H,20,23). The number of nitrogens with zero attached hydrogens (tertiary/aromatic N) is 2. The third-order valence-corrected chi connectivity index (χ3v) is 4.81. The van der Waals surface area contributed by atoms with E-state index in [-0.39, 0.29) is 49.6 Å². The van der Waals surface area contributed by atoms with Gasteiger partial charge in [-0.3, -0.25) is 24.1 Å². The molecule has 0 aliphatic carbocycles. The summed E-state index contributed by atoms with van der Waals surface area (Å²) < 4.78 is 0. The lowest BCUT2D eigenvalue weighted by molar-refractivity contribution is -0.130. The van der Waals surface area contributed by atoms with Crippen LogP contribution in [0.2, 0.25) is 0 Å². The molecule has 2 heterocycles. The monoisotopic (exact) mass is 357 g/mol. The Morgan fingerprint density at radius 3 is 2.46 bits per heavy atom. The van der Waals surface area contributed by atoms with E-state index in [0.29, 0.717) is 11.1 Å². The SMILES string of the molecule is Cc1ccc2c(c1)C(=O)N(CCC(=O)NCCC(=O)N1CCCC1)C2=O. The van der Waals surface area contributed by atoms with E-state index in [9.17, 15) is 19.2 Å². The summed E-state index contributed by atoms with van der Waals surface area (Å²) in [4.78, 5) is 51.4. The summed E-state index contributed by atoms with van der Waals surface area (Å²) in [6.45, 7) is 3.77. The van der Waals surface area contributed by atoms with Crippen molar-refractivity contribution < 1.29 is 19.2 Å². The Kier molecular flexibility index (Phi) is 5.35. The molecule has 0 atom stereocenters. The van der Waals surface area contributed by atoms with Gasteiger partial charge in [0.15, 0.2) is 0 Å². The molecule has 4 amide bonds. The molecule has 7 heteroatoms. The van der Waals surface area contributed by atoms with Gasteiger partial charge in [0.25, 0.3) is 11.8 Å². The van der Waals surface area contributed by atoms with Crippen LogP contribution in [0.5, 0.6) is 0 Å². The number of nitrogens with one attached hydrogen (secondary N) is 1. The molecule has 0 saturated carbocycles. The normalized spacial score (nSPS) is 16.2. The quantitative estimate of drug-likeness (QED) is 0.773. The Labute approximate surface area is 152 Å². The molecule has 0 bridgehead atoms. The van der Waals surface area contributed by atoms with Gasteiger partial charge in [-0.25, -0.2) is 0 Å². The number of imide groups is 1. The highest BCUT2D eigenvalue weighted by Gasteiger charge is 2.35. The van der Waals surface area contributed by atoms with Crippen LogP contribution < -0.4 is 5.32 Å². The van der Waals surface area contributed by atoms with E-state index >= 15 is 0 Å². The number of benzene rings is 1. The number of fused-ring (bicyclic) bond motifs is 1. The number of rotatable bonds is 6. The third kappa shape index (κ3) is 3.76. The van der Waals surface area contributed by atoms with E-state index in [1.54, 1.807) is 18.2 Å². The topological polar surface area (TPSA) is 86.8 Å². The minimum atomic E-state index is -0.359. The van der Waals surface area contributed by atoms with Crippen LogP contribution in [0, 0.1) is 6.92 Å². The second-order valence-corrected chi connectivity index (χ2v) is 6.75. The second kappa shape index (κ2) is 7.68. The molecule has 26 heavy (non-hydrogen) atoms. The average molecular weight is 357 g/mol. The Morgan fingerprint density at radius 2 is 1.73 bits per heavy atom. The Morgan fingerprint density at radius 1 is 1.04 bits per heavy atom. The van der Waals surface area contributed by atoms with Crippen LogP contribution >= 0.6 is 0 Å². The molecule has 3 rings (SSSR count). The molecular weight excluding hydrogens is 334 g/mol. The van der Waals surface area contributed by atoms with Gasteiger partial charge in [0.05, 0.1) is 11.1 Å². The summed E-state index contributed by atoms with van der Waals surface area (Å²) >= 11 is 0. The molecule has 1 aromatic rings. The third-order valence-electron chi connectivity index (χ3n) is 4.81. The molecule has 1 fully saturated rings. The van der Waals surface area contributed by atoms with Gasteiger partial charge >= 0.3 is 0 Å². The van der Waals surface area contributed by atoms with Crippen LogP contribution in [-0.4, -0.2) is 59.6 Å². The van der Waals surface area contributed by atoms with Crippen molar-refractivity contribution in [2.24, 2.45) is 0 Å². The molecule has 0 radical (unpaired) electrons. The molecule has 1 N–H and O–H groups in total. The van der Waals surface area contributed by atoms with Crippen molar-refractivity contribution in [1.82, 2.24) is 15.1 Å².